The molecule has 34 heavy (non-hydrogen) atoms. The Morgan fingerprint density at radius 3 is 2.62 bits per heavy atom. The van der Waals surface area contributed by atoms with E-state index >= 15 is 0 Å². The molecule has 176 valence electrons. The molecule has 0 aliphatic heterocycles. The largest absolute Gasteiger partial charge is 0.490 e. The van der Waals surface area contributed by atoms with Gasteiger partial charge < -0.3 is 23.9 Å². The van der Waals surface area contributed by atoms with Crippen LogP contribution in [0.5, 0.6) is 5.75 Å². The van der Waals surface area contributed by atoms with Gasteiger partial charge >= 0.3 is 11.9 Å². The molecular weight excluding hydrogens is 458 g/mol. The van der Waals surface area contributed by atoms with E-state index in [-0.39, 0.29) is 17.2 Å². The van der Waals surface area contributed by atoms with Crippen LogP contribution in [0, 0.1) is 0 Å². The van der Waals surface area contributed by atoms with E-state index < -0.39 is 24.5 Å². The molecule has 1 aromatic carbocycles. The lowest BCUT2D eigenvalue weighted by Crippen LogP contribution is -2.21. The van der Waals surface area contributed by atoms with E-state index in [0.717, 1.165) is 16.9 Å². The first kappa shape index (κ1) is 24.5. The molecule has 0 aliphatic carbocycles. The van der Waals surface area contributed by atoms with Crippen molar-refractivity contribution in [2.24, 2.45) is 0 Å². The van der Waals surface area contributed by atoms with Gasteiger partial charge in [-0.3, -0.25) is 4.79 Å². The van der Waals surface area contributed by atoms with Crippen LogP contribution in [0.25, 0.3) is 17.4 Å². The molecule has 3 aromatic rings. The smallest absolute Gasteiger partial charge is 0.341 e. The number of thiophene rings is 1. The van der Waals surface area contributed by atoms with Crippen molar-refractivity contribution in [1.82, 2.24) is 0 Å². The molecule has 1 amide bonds. The first-order chi connectivity index (χ1) is 16.5. The van der Waals surface area contributed by atoms with Gasteiger partial charge in [-0.15, -0.1) is 11.3 Å². The van der Waals surface area contributed by atoms with E-state index in [4.69, 9.17) is 18.6 Å². The van der Waals surface area contributed by atoms with Gasteiger partial charge in [0.2, 0.25) is 0 Å². The maximum atomic E-state index is 12.5. The minimum atomic E-state index is -0.685. The molecule has 8 nitrogen and oxygen atoms in total. The summed E-state index contributed by atoms with van der Waals surface area (Å²) < 4.78 is 20.9. The molecule has 1 N–H and O–H groups in total. The predicted octanol–water partition coefficient (Wildman–Crippen LogP) is 4.94. The lowest BCUT2D eigenvalue weighted by atomic mass is 10.1. The highest BCUT2D eigenvalue weighted by molar-refractivity contribution is 7.15. The summed E-state index contributed by atoms with van der Waals surface area (Å²) in [4.78, 5) is 36.8. The number of carbonyl (C=O) groups is 3. The normalized spacial score (nSPS) is 10.6. The molecule has 0 bridgehead atoms. The van der Waals surface area contributed by atoms with Gasteiger partial charge in [-0.25, -0.2) is 9.59 Å². The van der Waals surface area contributed by atoms with Crippen LogP contribution in [0.1, 0.15) is 22.8 Å². The van der Waals surface area contributed by atoms with Gasteiger partial charge in [0.15, 0.2) is 6.61 Å². The van der Waals surface area contributed by atoms with Gasteiger partial charge in [0.25, 0.3) is 5.91 Å². The summed E-state index contributed by atoms with van der Waals surface area (Å²) in [7, 11) is 0. The highest BCUT2D eigenvalue weighted by Gasteiger charge is 2.24. The first-order valence-corrected chi connectivity index (χ1v) is 11.2. The zero-order valence-corrected chi connectivity index (χ0v) is 19.3. The SMILES string of the molecule is C=CCOc1ccc(/C=C/C(=O)OCC(=O)Nc2scc(-c3ccco3)c2C(=O)OCC)cc1. The average molecular weight is 482 g/mol. The van der Waals surface area contributed by atoms with Crippen molar-refractivity contribution in [3.05, 3.63) is 77.9 Å². The molecule has 0 fully saturated rings. The number of amides is 1. The number of furan rings is 1. The fourth-order valence-electron chi connectivity index (χ4n) is 2.81. The van der Waals surface area contributed by atoms with Crippen LogP contribution in [-0.2, 0) is 19.1 Å². The fourth-order valence-corrected chi connectivity index (χ4v) is 3.76. The van der Waals surface area contributed by atoms with E-state index in [1.807, 2.05) is 0 Å². The van der Waals surface area contributed by atoms with Crippen LogP contribution < -0.4 is 10.1 Å². The van der Waals surface area contributed by atoms with Crippen LogP contribution in [0.3, 0.4) is 0 Å². The zero-order valence-electron chi connectivity index (χ0n) is 18.4. The third-order valence-electron chi connectivity index (χ3n) is 4.32. The Bertz CT molecular complexity index is 1160. The van der Waals surface area contributed by atoms with Crippen molar-refractivity contribution in [2.75, 3.05) is 25.1 Å². The average Bonchev–Trinajstić information content (AvgIpc) is 3.51. The Morgan fingerprint density at radius 1 is 1.15 bits per heavy atom. The third kappa shape index (κ3) is 6.69. The summed E-state index contributed by atoms with van der Waals surface area (Å²) in [6.07, 6.45) is 5.91. The highest BCUT2D eigenvalue weighted by atomic mass is 32.1. The molecule has 9 heteroatoms. The minimum Gasteiger partial charge on any atom is -0.490 e. The summed E-state index contributed by atoms with van der Waals surface area (Å²) in [6, 6.07) is 10.5. The van der Waals surface area contributed by atoms with Crippen LogP contribution in [-0.4, -0.2) is 37.7 Å². The number of benzene rings is 1. The van der Waals surface area contributed by atoms with Crippen LogP contribution in [0.2, 0.25) is 0 Å². The number of ether oxygens (including phenoxy) is 3. The van der Waals surface area contributed by atoms with Crippen molar-refractivity contribution in [3.8, 4) is 17.1 Å². The summed E-state index contributed by atoms with van der Waals surface area (Å²) in [5, 5.41) is 4.56. The van der Waals surface area contributed by atoms with Gasteiger partial charge in [0.1, 0.15) is 28.7 Å². The topological polar surface area (TPSA) is 104 Å². The number of hydrogen-bond donors (Lipinski definition) is 1. The molecule has 3 rings (SSSR count). The van der Waals surface area contributed by atoms with Crippen LogP contribution in [0.4, 0.5) is 5.00 Å². The number of hydrogen-bond acceptors (Lipinski definition) is 8. The summed E-state index contributed by atoms with van der Waals surface area (Å²) >= 11 is 1.14. The molecular formula is C25H23NO7S. The molecule has 0 atom stereocenters. The van der Waals surface area contributed by atoms with Crippen molar-refractivity contribution >= 4 is 40.3 Å². The lowest BCUT2D eigenvalue weighted by molar-refractivity contribution is -0.142. The quantitative estimate of drug-likeness (QED) is 0.235. The van der Waals surface area contributed by atoms with Gasteiger partial charge in [0, 0.05) is 17.0 Å². The Hall–Kier alpha value is -4.11. The van der Waals surface area contributed by atoms with Crippen LogP contribution in [0.15, 0.2) is 71.2 Å². The maximum Gasteiger partial charge on any atom is 0.341 e. The van der Waals surface area contributed by atoms with Crippen molar-refractivity contribution in [3.63, 3.8) is 0 Å². The fraction of sp³-hybridized carbons (Fsp3) is 0.160. The number of esters is 2. The Balaban J connectivity index is 1.57. The van der Waals surface area contributed by atoms with Crippen molar-refractivity contribution < 1.29 is 33.0 Å². The molecule has 2 heterocycles. The molecule has 0 saturated carbocycles. The Kier molecular flexibility index (Phi) is 8.81. The molecule has 0 saturated heterocycles. The second-order valence-electron chi connectivity index (χ2n) is 6.71. The molecule has 2 aromatic heterocycles. The lowest BCUT2D eigenvalue weighted by Gasteiger charge is -2.08. The summed E-state index contributed by atoms with van der Waals surface area (Å²) in [5.74, 6) is -0.718. The number of anilines is 1. The predicted molar refractivity (Wildman–Crippen MR) is 129 cm³/mol. The van der Waals surface area contributed by atoms with Gasteiger partial charge in [-0.05, 0) is 42.8 Å². The minimum absolute atomic E-state index is 0.175. The first-order valence-electron chi connectivity index (χ1n) is 10.3. The highest BCUT2D eigenvalue weighted by Crippen LogP contribution is 2.36. The number of nitrogens with one attached hydrogen (secondary N) is 1. The van der Waals surface area contributed by atoms with Crippen molar-refractivity contribution in [2.45, 2.75) is 6.92 Å². The van der Waals surface area contributed by atoms with Crippen LogP contribution >= 0.6 is 11.3 Å². The second-order valence-corrected chi connectivity index (χ2v) is 7.59. The zero-order chi connectivity index (χ0) is 24.3. The molecule has 0 radical (unpaired) electrons. The molecule has 0 spiro atoms. The molecule has 0 unspecified atom stereocenters. The van der Waals surface area contributed by atoms with E-state index in [1.165, 1.54) is 12.3 Å². The van der Waals surface area contributed by atoms with E-state index in [1.54, 1.807) is 60.9 Å². The Morgan fingerprint density at radius 2 is 1.94 bits per heavy atom. The third-order valence-corrected chi connectivity index (χ3v) is 5.21. The van der Waals surface area contributed by atoms with Gasteiger partial charge in [0.05, 0.1) is 12.9 Å². The van der Waals surface area contributed by atoms with E-state index in [2.05, 4.69) is 11.9 Å². The number of rotatable bonds is 11. The van der Waals surface area contributed by atoms with E-state index in [0.29, 0.717) is 23.7 Å². The van der Waals surface area contributed by atoms with Gasteiger partial charge in [-0.1, -0.05) is 24.8 Å². The second kappa shape index (κ2) is 12.2. The summed E-state index contributed by atoms with van der Waals surface area (Å²) in [5.41, 5.74) is 1.45. The maximum absolute atomic E-state index is 12.5. The Labute approximate surface area is 200 Å². The van der Waals surface area contributed by atoms with E-state index in [9.17, 15) is 14.4 Å². The van der Waals surface area contributed by atoms with Crippen molar-refractivity contribution in [1.29, 1.82) is 0 Å². The monoisotopic (exact) mass is 481 g/mol. The number of carbonyl (C=O) groups excluding carboxylic acids is 3. The molecule has 0 aliphatic rings. The van der Waals surface area contributed by atoms with Gasteiger partial charge in [-0.2, -0.15) is 0 Å². The summed E-state index contributed by atoms with van der Waals surface area (Å²) in [6.45, 7) is 5.33. The standard InChI is InChI=1S/C25H23NO7S/c1-3-13-31-18-10-7-17(8-11-18)9-12-22(28)33-15-21(27)26-24-23(25(29)30-4-2)19(16-34-24)20-6-5-14-32-20/h3,5-12,14,16H,1,4,13,15H2,2H3,(H,26,27)/b12-9+.